The van der Waals surface area contributed by atoms with E-state index in [1.807, 2.05) is 41.9 Å². The molecule has 3 N–H and O–H groups in total. The molecule has 1 aromatic carbocycles. The van der Waals surface area contributed by atoms with Crippen LogP contribution >= 0.6 is 0 Å². The maximum Gasteiger partial charge on any atom is 0.322 e. The van der Waals surface area contributed by atoms with Crippen LogP contribution in [0.25, 0.3) is 16.8 Å². The minimum absolute atomic E-state index is 0.167. The average molecular weight is 350 g/mol. The lowest BCUT2D eigenvalue weighted by Gasteiger charge is -2.13. The Morgan fingerprint density at radius 3 is 2.62 bits per heavy atom. The van der Waals surface area contributed by atoms with Gasteiger partial charge in [-0.3, -0.25) is 15.0 Å². The Bertz CT molecular complexity index is 1040. The van der Waals surface area contributed by atoms with Crippen molar-refractivity contribution in [2.45, 2.75) is 13.8 Å². The van der Waals surface area contributed by atoms with E-state index >= 15 is 0 Å². The van der Waals surface area contributed by atoms with Gasteiger partial charge in [0, 0.05) is 30.6 Å². The van der Waals surface area contributed by atoms with Gasteiger partial charge >= 0.3 is 5.97 Å². The van der Waals surface area contributed by atoms with E-state index in [2.05, 4.69) is 10.3 Å². The molecule has 3 rings (SSSR count). The molecule has 26 heavy (non-hydrogen) atoms. The van der Waals surface area contributed by atoms with Crippen molar-refractivity contribution in [3.63, 3.8) is 0 Å². The van der Waals surface area contributed by atoms with Crippen LogP contribution in [0.1, 0.15) is 18.2 Å². The highest BCUT2D eigenvalue weighted by Crippen LogP contribution is 2.26. The number of aliphatic carboxylic acids is 1. The van der Waals surface area contributed by atoms with Crippen LogP contribution in [0.5, 0.6) is 0 Å². The van der Waals surface area contributed by atoms with Crippen molar-refractivity contribution in [3.8, 4) is 11.1 Å². The van der Waals surface area contributed by atoms with E-state index in [0.29, 0.717) is 11.3 Å². The van der Waals surface area contributed by atoms with Crippen molar-refractivity contribution < 1.29 is 14.7 Å². The monoisotopic (exact) mass is 350 g/mol. The number of carbonyl (C=O) groups is 2. The van der Waals surface area contributed by atoms with Crippen LogP contribution in [0.4, 0.5) is 5.69 Å². The molecule has 0 saturated heterocycles. The predicted octanol–water partition coefficient (Wildman–Crippen LogP) is 2.76. The number of rotatable bonds is 6. The number of aryl methyl sites for hydroxylation is 1. The molecule has 0 aliphatic carbocycles. The first-order valence-corrected chi connectivity index (χ1v) is 8.00. The van der Waals surface area contributed by atoms with Crippen molar-refractivity contribution in [3.05, 3.63) is 54.0 Å². The highest BCUT2D eigenvalue weighted by Gasteiger charge is 2.14. The summed E-state index contributed by atoms with van der Waals surface area (Å²) in [5.74, 6) is -1.41. The first kappa shape index (κ1) is 17.3. The van der Waals surface area contributed by atoms with Gasteiger partial charge in [-0.15, -0.1) is 0 Å². The smallest absolute Gasteiger partial charge is 0.322 e. The van der Waals surface area contributed by atoms with Gasteiger partial charge in [-0.25, -0.2) is 4.98 Å². The summed E-state index contributed by atoms with van der Waals surface area (Å²) in [5.41, 5.74) is 4.11. The summed E-state index contributed by atoms with van der Waals surface area (Å²) >= 11 is 0. The molecular weight excluding hydrogens is 332 g/mol. The minimum Gasteiger partial charge on any atom is -0.480 e. The summed E-state index contributed by atoms with van der Waals surface area (Å²) in [6, 6.07) is 9.05. The second-order valence-corrected chi connectivity index (χ2v) is 6.00. The zero-order valence-corrected chi connectivity index (χ0v) is 14.4. The van der Waals surface area contributed by atoms with Crippen LogP contribution in [0.15, 0.2) is 42.7 Å². The fourth-order valence-corrected chi connectivity index (χ4v) is 2.73. The molecule has 0 unspecified atom stereocenters. The Morgan fingerprint density at radius 1 is 1.19 bits per heavy atom. The fraction of sp³-hybridized carbons (Fsp3) is 0.158. The molecule has 0 radical (unpaired) electrons. The largest absolute Gasteiger partial charge is 0.480 e. The summed E-state index contributed by atoms with van der Waals surface area (Å²) in [6.07, 6.45) is 3.84. The number of benzene rings is 1. The van der Waals surface area contributed by atoms with E-state index in [0.717, 1.165) is 22.5 Å². The van der Waals surface area contributed by atoms with Gasteiger partial charge in [0.2, 0.25) is 0 Å². The molecule has 2 aromatic heterocycles. The Labute approximate surface area is 149 Å². The number of nitrogens with zero attached hydrogens (tertiary/aromatic N) is 2. The van der Waals surface area contributed by atoms with E-state index in [4.69, 9.17) is 10.5 Å². The number of imidazole rings is 1. The molecule has 0 aliphatic rings. The normalized spacial score (nSPS) is 10.7. The van der Waals surface area contributed by atoms with E-state index in [1.165, 1.54) is 6.92 Å². The van der Waals surface area contributed by atoms with Crippen LogP contribution in [0.2, 0.25) is 0 Å². The molecule has 0 fully saturated rings. The van der Waals surface area contributed by atoms with Gasteiger partial charge in [0.25, 0.3) is 0 Å². The minimum atomic E-state index is -1.02. The van der Waals surface area contributed by atoms with E-state index in [9.17, 15) is 9.59 Å². The number of anilines is 1. The highest BCUT2D eigenvalue weighted by atomic mass is 16.4. The Kier molecular flexibility index (Phi) is 4.53. The molecule has 0 amide bonds. The topological polar surface area (TPSA) is 108 Å². The van der Waals surface area contributed by atoms with Crippen LogP contribution in [-0.2, 0) is 9.59 Å². The van der Waals surface area contributed by atoms with Gasteiger partial charge in [-0.1, -0.05) is 6.07 Å². The average Bonchev–Trinajstić information content (AvgIpc) is 2.98. The lowest BCUT2D eigenvalue weighted by Crippen LogP contribution is -2.17. The van der Waals surface area contributed by atoms with Crippen molar-refractivity contribution >= 4 is 28.8 Å². The molecule has 132 valence electrons. The number of ketones is 1. The standard InChI is InChI=1S/C19H18N4O3/c1-11-9-23-10-14(4-6-17(23)22-11)13-3-5-16(21-8-18(25)26)15(7-13)19(20)12(2)24/h3-7,9-10,20-21H,8H2,1-2H3,(H,25,26). The van der Waals surface area contributed by atoms with Gasteiger partial charge in [0.15, 0.2) is 5.78 Å². The van der Waals surface area contributed by atoms with E-state index < -0.39 is 5.97 Å². The molecule has 0 bridgehead atoms. The first-order valence-electron chi connectivity index (χ1n) is 8.00. The van der Waals surface area contributed by atoms with Crippen molar-refractivity contribution in [1.29, 1.82) is 5.41 Å². The van der Waals surface area contributed by atoms with Gasteiger partial charge in [0.1, 0.15) is 17.9 Å². The number of hydrogen-bond donors (Lipinski definition) is 3. The van der Waals surface area contributed by atoms with Crippen LogP contribution in [0.3, 0.4) is 0 Å². The summed E-state index contributed by atoms with van der Waals surface area (Å²) < 4.78 is 1.91. The third-order valence-electron chi connectivity index (χ3n) is 3.98. The number of pyridine rings is 1. The molecule has 7 nitrogen and oxygen atoms in total. The predicted molar refractivity (Wildman–Crippen MR) is 99.0 cm³/mol. The van der Waals surface area contributed by atoms with Gasteiger partial charge in [-0.05, 0) is 42.3 Å². The molecule has 0 spiro atoms. The Morgan fingerprint density at radius 2 is 1.92 bits per heavy atom. The van der Waals surface area contributed by atoms with Crippen molar-refractivity contribution in [2.75, 3.05) is 11.9 Å². The molecule has 7 heteroatoms. The summed E-state index contributed by atoms with van der Waals surface area (Å²) in [4.78, 5) is 26.9. The van der Waals surface area contributed by atoms with Crippen LogP contribution in [0, 0.1) is 12.3 Å². The SMILES string of the molecule is CC(=O)C(=N)c1cc(-c2ccc3nc(C)cn3c2)ccc1NCC(=O)O. The van der Waals surface area contributed by atoms with Gasteiger partial charge in [-0.2, -0.15) is 0 Å². The molecule has 2 heterocycles. The molecular formula is C19H18N4O3. The van der Waals surface area contributed by atoms with Crippen LogP contribution in [-0.4, -0.2) is 38.5 Å². The van der Waals surface area contributed by atoms with Crippen LogP contribution < -0.4 is 5.32 Å². The Hall–Kier alpha value is -3.48. The number of carboxylic acids is 1. The lowest BCUT2D eigenvalue weighted by molar-refractivity contribution is -0.134. The summed E-state index contributed by atoms with van der Waals surface area (Å²) in [5, 5.41) is 19.7. The zero-order valence-electron chi connectivity index (χ0n) is 14.4. The quantitative estimate of drug-likeness (QED) is 0.593. The number of fused-ring (bicyclic) bond motifs is 1. The number of nitrogens with one attached hydrogen (secondary N) is 2. The maximum absolute atomic E-state index is 11.7. The highest BCUT2D eigenvalue weighted by molar-refractivity contribution is 6.45. The van der Waals surface area contributed by atoms with E-state index in [1.54, 1.807) is 12.1 Å². The first-order chi connectivity index (χ1) is 12.3. The van der Waals surface area contributed by atoms with E-state index in [-0.39, 0.29) is 18.0 Å². The zero-order chi connectivity index (χ0) is 18.8. The number of aromatic nitrogens is 2. The van der Waals surface area contributed by atoms with Crippen molar-refractivity contribution in [2.24, 2.45) is 0 Å². The fourth-order valence-electron chi connectivity index (χ4n) is 2.73. The number of Topliss-reactive ketones (excluding diaryl/α,β-unsaturated/α-hetero) is 1. The second kappa shape index (κ2) is 6.79. The molecule has 0 aliphatic heterocycles. The third-order valence-corrected chi connectivity index (χ3v) is 3.98. The number of carboxylic acid groups (broad SMARTS) is 1. The molecule has 0 saturated carbocycles. The molecule has 0 atom stereocenters. The number of carbonyl (C=O) groups excluding carboxylic acids is 1. The summed E-state index contributed by atoms with van der Waals surface area (Å²) in [7, 11) is 0. The van der Waals surface area contributed by atoms with Gasteiger partial charge < -0.3 is 14.8 Å². The van der Waals surface area contributed by atoms with Crippen molar-refractivity contribution in [1.82, 2.24) is 9.38 Å². The summed E-state index contributed by atoms with van der Waals surface area (Å²) in [6.45, 7) is 2.94. The second-order valence-electron chi connectivity index (χ2n) is 6.00. The maximum atomic E-state index is 11.7. The lowest BCUT2D eigenvalue weighted by atomic mass is 9.98. The molecule has 3 aromatic rings. The Balaban J connectivity index is 2.06. The number of hydrogen-bond acceptors (Lipinski definition) is 5. The van der Waals surface area contributed by atoms with Gasteiger partial charge in [0.05, 0.1) is 5.69 Å². The third kappa shape index (κ3) is 3.46.